The van der Waals surface area contributed by atoms with Crippen molar-refractivity contribution in [2.75, 3.05) is 13.1 Å². The molecule has 1 atom stereocenters. The molecule has 1 aliphatic carbocycles. The number of quaternary nitrogens is 1. The molecule has 0 aromatic heterocycles. The van der Waals surface area contributed by atoms with Crippen molar-refractivity contribution < 1.29 is 32.1 Å². The van der Waals surface area contributed by atoms with Crippen molar-refractivity contribution in [2.45, 2.75) is 31.6 Å². The Morgan fingerprint density at radius 1 is 1.21 bits per heavy atom. The van der Waals surface area contributed by atoms with E-state index in [0.29, 0.717) is 5.56 Å². The Kier molecular flexibility index (Phi) is 5.76. The molecule has 0 spiro atoms. The molecule has 1 fully saturated rings. The lowest BCUT2D eigenvalue weighted by atomic mass is 10.2. The summed E-state index contributed by atoms with van der Waals surface area (Å²) >= 11 is 0. The normalized spacial score (nSPS) is 15.7. The molecule has 1 aliphatic rings. The smallest absolute Gasteiger partial charge is 0.329 e. The van der Waals surface area contributed by atoms with E-state index in [9.17, 15) is 27.2 Å². The van der Waals surface area contributed by atoms with Crippen LogP contribution in [0.1, 0.15) is 18.4 Å². The Labute approximate surface area is 136 Å². The summed E-state index contributed by atoms with van der Waals surface area (Å²) in [7, 11) is 0. The number of hydrogen-bond donors (Lipinski definition) is 3. The third-order valence-corrected chi connectivity index (χ3v) is 3.62. The van der Waals surface area contributed by atoms with Gasteiger partial charge in [-0.2, -0.15) is 13.2 Å². The van der Waals surface area contributed by atoms with Crippen LogP contribution in [0.15, 0.2) is 24.3 Å². The fourth-order valence-electron chi connectivity index (χ4n) is 2.33. The topological polar surface area (TPSA) is 62.6 Å². The first-order valence-corrected chi connectivity index (χ1v) is 7.47. The highest BCUT2D eigenvalue weighted by atomic mass is 19.4. The molecular weight excluding hydrogens is 330 g/mol. The summed E-state index contributed by atoms with van der Waals surface area (Å²) in [5.74, 6) is -1.08. The Hall–Kier alpha value is -2.16. The van der Waals surface area contributed by atoms with E-state index in [1.54, 1.807) is 23.5 Å². The second-order valence-corrected chi connectivity index (χ2v) is 5.72. The number of carbonyl (C=O) groups is 2. The van der Waals surface area contributed by atoms with Gasteiger partial charge < -0.3 is 10.2 Å². The number of halogens is 4. The summed E-state index contributed by atoms with van der Waals surface area (Å²) in [5, 5.41) is 3.43. The minimum absolute atomic E-state index is 0.113. The summed E-state index contributed by atoms with van der Waals surface area (Å²) in [6.07, 6.45) is -2.77. The average Bonchev–Trinajstić information content (AvgIpc) is 3.30. The molecule has 9 heteroatoms. The molecule has 24 heavy (non-hydrogen) atoms. The second-order valence-electron chi connectivity index (χ2n) is 5.72. The molecule has 132 valence electrons. The molecule has 1 aromatic carbocycles. The lowest BCUT2D eigenvalue weighted by molar-refractivity contribution is -0.917. The molecule has 0 saturated heterocycles. The first kappa shape index (κ1) is 18.2. The maximum absolute atomic E-state index is 13.7. The second kappa shape index (κ2) is 7.61. The Bertz CT molecular complexity index is 603. The Morgan fingerprint density at radius 3 is 2.46 bits per heavy atom. The fourth-order valence-corrected chi connectivity index (χ4v) is 2.33. The first-order valence-electron chi connectivity index (χ1n) is 7.47. The number of urea groups is 1. The van der Waals surface area contributed by atoms with Gasteiger partial charge in [0.15, 0.2) is 6.54 Å². The molecule has 1 unspecified atom stereocenters. The molecule has 0 heterocycles. The highest BCUT2D eigenvalue weighted by Crippen LogP contribution is 2.16. The number of imide groups is 1. The summed E-state index contributed by atoms with van der Waals surface area (Å²) < 4.78 is 49.7. The van der Waals surface area contributed by atoms with E-state index in [0.717, 1.165) is 17.7 Å². The van der Waals surface area contributed by atoms with Crippen molar-refractivity contribution in [3.05, 3.63) is 35.6 Å². The van der Waals surface area contributed by atoms with Crippen LogP contribution in [0.2, 0.25) is 0 Å². The number of nitrogens with one attached hydrogen (secondary N) is 3. The molecule has 5 nitrogen and oxygen atoms in total. The van der Waals surface area contributed by atoms with E-state index in [1.807, 2.05) is 5.32 Å². The maximum atomic E-state index is 13.7. The minimum Gasteiger partial charge on any atom is -0.329 e. The zero-order chi connectivity index (χ0) is 17.7. The monoisotopic (exact) mass is 348 g/mol. The maximum Gasteiger partial charge on any atom is 0.405 e. The number of carbonyl (C=O) groups excluding carboxylic acids is 2. The summed E-state index contributed by atoms with van der Waals surface area (Å²) in [6.45, 7) is -1.35. The van der Waals surface area contributed by atoms with Crippen molar-refractivity contribution in [3.8, 4) is 0 Å². The van der Waals surface area contributed by atoms with Crippen molar-refractivity contribution in [3.63, 3.8) is 0 Å². The van der Waals surface area contributed by atoms with E-state index < -0.39 is 24.7 Å². The predicted molar refractivity (Wildman–Crippen MR) is 76.6 cm³/mol. The molecule has 0 bridgehead atoms. The van der Waals surface area contributed by atoms with Crippen LogP contribution >= 0.6 is 0 Å². The molecule has 3 amide bonds. The van der Waals surface area contributed by atoms with E-state index >= 15 is 0 Å². The van der Waals surface area contributed by atoms with Crippen LogP contribution in [-0.4, -0.2) is 37.2 Å². The molecular formula is C15H18F4N3O2+. The van der Waals surface area contributed by atoms with E-state index in [2.05, 4.69) is 0 Å². The molecule has 3 N–H and O–H groups in total. The average molecular weight is 348 g/mol. The first-order chi connectivity index (χ1) is 11.2. The number of hydrogen-bond acceptors (Lipinski definition) is 2. The van der Waals surface area contributed by atoms with Gasteiger partial charge in [-0.1, -0.05) is 18.2 Å². The largest absolute Gasteiger partial charge is 0.405 e. The predicted octanol–water partition coefficient (Wildman–Crippen LogP) is 0.761. The van der Waals surface area contributed by atoms with E-state index in [-0.39, 0.29) is 24.9 Å². The van der Waals surface area contributed by atoms with Gasteiger partial charge in [0, 0.05) is 18.4 Å². The molecule has 0 aliphatic heterocycles. The number of alkyl halides is 3. The van der Waals surface area contributed by atoms with E-state index in [1.165, 1.54) is 6.07 Å². The SMILES string of the molecule is O=C(C[NH+](Cc1ccccc1F)C1CC1)NC(=O)NCC(F)(F)F. The lowest BCUT2D eigenvalue weighted by Crippen LogP contribution is -3.13. The highest BCUT2D eigenvalue weighted by Gasteiger charge is 2.35. The zero-order valence-corrected chi connectivity index (χ0v) is 12.8. The van der Waals surface area contributed by atoms with Gasteiger partial charge in [-0.15, -0.1) is 0 Å². The van der Waals surface area contributed by atoms with Gasteiger partial charge >= 0.3 is 12.2 Å². The van der Waals surface area contributed by atoms with Crippen LogP contribution in [0, 0.1) is 5.82 Å². The third kappa shape index (κ3) is 6.15. The van der Waals surface area contributed by atoms with Crippen LogP contribution in [0.3, 0.4) is 0 Å². The van der Waals surface area contributed by atoms with Gasteiger partial charge in [0.2, 0.25) is 0 Å². The van der Waals surface area contributed by atoms with Crippen molar-refractivity contribution >= 4 is 11.9 Å². The Balaban J connectivity index is 1.85. The number of amides is 3. The summed E-state index contributed by atoms with van der Waals surface area (Å²) in [4.78, 5) is 23.9. The molecule has 1 saturated carbocycles. The van der Waals surface area contributed by atoms with Gasteiger partial charge in [0.1, 0.15) is 18.9 Å². The quantitative estimate of drug-likeness (QED) is 0.665. The van der Waals surface area contributed by atoms with Crippen LogP contribution < -0.4 is 15.5 Å². The van der Waals surface area contributed by atoms with E-state index in [4.69, 9.17) is 0 Å². The van der Waals surface area contributed by atoms with Gasteiger partial charge in [0.25, 0.3) is 5.91 Å². The third-order valence-electron chi connectivity index (χ3n) is 3.62. The lowest BCUT2D eigenvalue weighted by Gasteiger charge is -2.19. The minimum atomic E-state index is -4.55. The van der Waals surface area contributed by atoms with Crippen LogP contribution in [-0.2, 0) is 11.3 Å². The van der Waals surface area contributed by atoms with Gasteiger partial charge in [-0.25, -0.2) is 9.18 Å². The van der Waals surface area contributed by atoms with Crippen LogP contribution in [0.25, 0.3) is 0 Å². The van der Waals surface area contributed by atoms with Crippen LogP contribution in [0.5, 0.6) is 0 Å². The molecule has 1 aromatic rings. The summed E-state index contributed by atoms with van der Waals surface area (Å²) in [5.41, 5.74) is 0.453. The Morgan fingerprint density at radius 2 is 1.88 bits per heavy atom. The standard InChI is InChI=1S/C15H17F4N3O2/c16-12-4-2-1-3-10(12)7-22(11-5-6-11)8-13(23)21-14(24)20-9-15(17,18)19/h1-4,11H,5-9H2,(H2,20,21,23,24)/p+1. The van der Waals surface area contributed by atoms with Gasteiger partial charge in [-0.05, 0) is 6.07 Å². The van der Waals surface area contributed by atoms with Gasteiger partial charge in [-0.3, -0.25) is 10.1 Å². The zero-order valence-electron chi connectivity index (χ0n) is 12.8. The van der Waals surface area contributed by atoms with Gasteiger partial charge in [0.05, 0.1) is 6.04 Å². The summed E-state index contributed by atoms with van der Waals surface area (Å²) in [6, 6.07) is 5.18. The molecule has 0 radical (unpaired) electrons. The van der Waals surface area contributed by atoms with Crippen molar-refractivity contribution in [1.29, 1.82) is 0 Å². The van der Waals surface area contributed by atoms with Crippen molar-refractivity contribution in [1.82, 2.24) is 10.6 Å². The number of benzene rings is 1. The fraction of sp³-hybridized carbons (Fsp3) is 0.467. The van der Waals surface area contributed by atoms with Crippen molar-refractivity contribution in [2.24, 2.45) is 0 Å². The highest BCUT2D eigenvalue weighted by molar-refractivity contribution is 5.94. The molecule has 2 rings (SSSR count). The van der Waals surface area contributed by atoms with Crippen LogP contribution in [0.4, 0.5) is 22.4 Å². The number of rotatable bonds is 6.